The molecule has 0 saturated heterocycles. The average molecular weight is 324 g/mol. The Bertz CT molecular complexity index is 708. The Kier molecular flexibility index (Phi) is 5.16. The fourth-order valence-corrected chi connectivity index (χ4v) is 4.89. The van der Waals surface area contributed by atoms with Gasteiger partial charge < -0.3 is 5.73 Å². The first-order valence-corrected chi connectivity index (χ1v) is 9.08. The van der Waals surface area contributed by atoms with Crippen LogP contribution in [-0.2, 0) is 23.1 Å². The summed E-state index contributed by atoms with van der Waals surface area (Å²) in [6.07, 6.45) is 0. The van der Waals surface area contributed by atoms with Crippen molar-refractivity contribution >= 4 is 21.4 Å². The van der Waals surface area contributed by atoms with E-state index in [1.807, 2.05) is 38.1 Å². The molecule has 0 aliphatic rings. The van der Waals surface area contributed by atoms with Crippen molar-refractivity contribution in [3.05, 3.63) is 52.4 Å². The quantitative estimate of drug-likeness (QED) is 0.888. The summed E-state index contributed by atoms with van der Waals surface area (Å²) in [5.74, 6) is 0. The molecule has 0 atom stereocenters. The second kappa shape index (κ2) is 6.70. The smallest absolute Gasteiger partial charge is 0.252 e. The first-order valence-electron chi connectivity index (χ1n) is 6.82. The third-order valence-electron chi connectivity index (χ3n) is 3.39. The van der Waals surface area contributed by atoms with Crippen molar-refractivity contribution in [2.45, 2.75) is 31.1 Å². The van der Waals surface area contributed by atoms with Crippen LogP contribution in [0, 0.1) is 6.92 Å². The number of nitrogens with zero attached hydrogens (tertiary/aromatic N) is 1. The highest BCUT2D eigenvalue weighted by Gasteiger charge is 2.25. The number of rotatable bonds is 6. The first kappa shape index (κ1) is 16.2. The van der Waals surface area contributed by atoms with Gasteiger partial charge in [-0.15, -0.1) is 11.3 Å². The van der Waals surface area contributed by atoms with Crippen LogP contribution < -0.4 is 5.73 Å². The molecule has 1 aromatic heterocycles. The van der Waals surface area contributed by atoms with Gasteiger partial charge in [-0.1, -0.05) is 31.2 Å². The monoisotopic (exact) mass is 324 g/mol. The van der Waals surface area contributed by atoms with Crippen LogP contribution in [0.4, 0.5) is 0 Å². The number of aryl methyl sites for hydroxylation is 1. The molecule has 2 aromatic rings. The fraction of sp³-hybridized carbons (Fsp3) is 0.333. The number of hydrogen-bond donors (Lipinski definition) is 1. The zero-order chi connectivity index (χ0) is 15.5. The number of benzene rings is 1. The van der Waals surface area contributed by atoms with E-state index in [2.05, 4.69) is 0 Å². The summed E-state index contributed by atoms with van der Waals surface area (Å²) >= 11 is 1.24. The van der Waals surface area contributed by atoms with Gasteiger partial charge in [-0.3, -0.25) is 0 Å². The molecule has 1 heterocycles. The van der Waals surface area contributed by atoms with Crippen LogP contribution in [0.2, 0.25) is 0 Å². The van der Waals surface area contributed by atoms with E-state index in [9.17, 15) is 8.42 Å². The van der Waals surface area contributed by atoms with E-state index in [1.165, 1.54) is 15.6 Å². The predicted octanol–water partition coefficient (Wildman–Crippen LogP) is 2.73. The van der Waals surface area contributed by atoms with E-state index in [0.717, 1.165) is 16.0 Å². The van der Waals surface area contributed by atoms with Crippen LogP contribution in [0.25, 0.3) is 0 Å². The van der Waals surface area contributed by atoms with E-state index in [4.69, 9.17) is 5.73 Å². The molecule has 0 unspecified atom stereocenters. The number of sulfonamides is 1. The summed E-state index contributed by atoms with van der Waals surface area (Å²) in [7, 11) is -3.46. The Hall–Kier alpha value is -1.21. The Morgan fingerprint density at radius 2 is 1.90 bits per heavy atom. The molecule has 0 spiro atoms. The molecule has 6 heteroatoms. The zero-order valence-electron chi connectivity index (χ0n) is 12.2. The molecule has 0 bridgehead atoms. The molecule has 0 aliphatic carbocycles. The van der Waals surface area contributed by atoms with Gasteiger partial charge in [0.15, 0.2) is 0 Å². The van der Waals surface area contributed by atoms with Crippen molar-refractivity contribution < 1.29 is 8.42 Å². The molecule has 4 nitrogen and oxygen atoms in total. The maximum Gasteiger partial charge on any atom is 0.252 e. The second-order valence-electron chi connectivity index (χ2n) is 4.78. The van der Waals surface area contributed by atoms with Crippen LogP contribution in [0.1, 0.15) is 22.9 Å². The third-order valence-corrected chi connectivity index (χ3v) is 6.89. The normalized spacial score (nSPS) is 12.0. The van der Waals surface area contributed by atoms with Gasteiger partial charge in [0.2, 0.25) is 0 Å². The summed E-state index contributed by atoms with van der Waals surface area (Å²) in [5, 5.41) is 0. The minimum Gasteiger partial charge on any atom is -0.326 e. The standard InChI is InChI=1S/C15H20N2O2S2/c1-3-17(11-13-7-5-4-6-12(13)2)21(18,19)15-9-8-14(10-16)20-15/h4-9H,3,10-11,16H2,1-2H3. The third kappa shape index (κ3) is 3.52. The van der Waals surface area contributed by atoms with E-state index < -0.39 is 10.0 Å². The van der Waals surface area contributed by atoms with Crippen LogP contribution in [0.5, 0.6) is 0 Å². The van der Waals surface area contributed by atoms with Gasteiger partial charge in [-0.25, -0.2) is 8.42 Å². The van der Waals surface area contributed by atoms with Gasteiger partial charge in [-0.05, 0) is 30.2 Å². The molecular formula is C15H20N2O2S2. The highest BCUT2D eigenvalue weighted by atomic mass is 32.2. The Morgan fingerprint density at radius 1 is 1.19 bits per heavy atom. The molecule has 21 heavy (non-hydrogen) atoms. The SMILES string of the molecule is CCN(Cc1ccccc1C)S(=O)(=O)c1ccc(CN)s1. The molecule has 2 N–H and O–H groups in total. The lowest BCUT2D eigenvalue weighted by Crippen LogP contribution is -2.30. The predicted molar refractivity (Wildman–Crippen MR) is 86.7 cm³/mol. The minimum atomic E-state index is -3.46. The lowest BCUT2D eigenvalue weighted by Gasteiger charge is -2.20. The Balaban J connectivity index is 2.30. The van der Waals surface area contributed by atoms with Crippen LogP contribution in [0.3, 0.4) is 0 Å². The molecule has 0 saturated carbocycles. The number of nitrogens with two attached hydrogens (primary N) is 1. The van der Waals surface area contributed by atoms with Gasteiger partial charge >= 0.3 is 0 Å². The molecule has 0 aliphatic heterocycles. The van der Waals surface area contributed by atoms with Crippen LogP contribution >= 0.6 is 11.3 Å². The van der Waals surface area contributed by atoms with Gasteiger partial charge in [-0.2, -0.15) is 4.31 Å². The summed E-state index contributed by atoms with van der Waals surface area (Å²) in [4.78, 5) is 0.875. The maximum atomic E-state index is 12.7. The summed E-state index contributed by atoms with van der Waals surface area (Å²) < 4.78 is 27.3. The number of hydrogen-bond acceptors (Lipinski definition) is 4. The fourth-order valence-electron chi connectivity index (χ4n) is 2.08. The average Bonchev–Trinajstić information content (AvgIpc) is 2.96. The molecular weight excluding hydrogens is 304 g/mol. The van der Waals surface area contributed by atoms with Gasteiger partial charge in [0.25, 0.3) is 10.0 Å². The molecule has 2 rings (SSSR count). The molecule has 0 radical (unpaired) electrons. The van der Waals surface area contributed by atoms with Crippen LogP contribution in [-0.4, -0.2) is 19.3 Å². The van der Waals surface area contributed by atoms with E-state index in [1.54, 1.807) is 12.1 Å². The molecule has 0 fully saturated rings. The van der Waals surface area contributed by atoms with Crippen molar-refractivity contribution in [3.8, 4) is 0 Å². The molecule has 114 valence electrons. The van der Waals surface area contributed by atoms with Crippen molar-refractivity contribution in [1.82, 2.24) is 4.31 Å². The van der Waals surface area contributed by atoms with Gasteiger partial charge in [0, 0.05) is 24.5 Å². The number of thiophene rings is 1. The Morgan fingerprint density at radius 3 is 2.48 bits per heavy atom. The first-order chi connectivity index (χ1) is 9.98. The summed E-state index contributed by atoms with van der Waals surface area (Å²) in [5.41, 5.74) is 7.68. The van der Waals surface area contributed by atoms with Crippen molar-refractivity contribution in [3.63, 3.8) is 0 Å². The lowest BCUT2D eigenvalue weighted by molar-refractivity contribution is 0.424. The molecule has 1 aromatic carbocycles. The topological polar surface area (TPSA) is 63.4 Å². The van der Waals surface area contributed by atoms with E-state index in [0.29, 0.717) is 23.8 Å². The zero-order valence-corrected chi connectivity index (χ0v) is 13.9. The van der Waals surface area contributed by atoms with Gasteiger partial charge in [0.1, 0.15) is 4.21 Å². The van der Waals surface area contributed by atoms with Crippen molar-refractivity contribution in [2.75, 3.05) is 6.54 Å². The molecule has 0 amide bonds. The highest BCUT2D eigenvalue weighted by molar-refractivity contribution is 7.91. The van der Waals surface area contributed by atoms with Crippen molar-refractivity contribution in [1.29, 1.82) is 0 Å². The largest absolute Gasteiger partial charge is 0.326 e. The van der Waals surface area contributed by atoms with E-state index >= 15 is 0 Å². The summed E-state index contributed by atoms with van der Waals surface area (Å²) in [6.45, 7) is 5.04. The van der Waals surface area contributed by atoms with Gasteiger partial charge in [0.05, 0.1) is 0 Å². The lowest BCUT2D eigenvalue weighted by atomic mass is 10.1. The van der Waals surface area contributed by atoms with Crippen molar-refractivity contribution in [2.24, 2.45) is 5.73 Å². The highest BCUT2D eigenvalue weighted by Crippen LogP contribution is 2.26. The maximum absolute atomic E-state index is 12.7. The van der Waals surface area contributed by atoms with E-state index in [-0.39, 0.29) is 0 Å². The summed E-state index contributed by atoms with van der Waals surface area (Å²) in [6, 6.07) is 11.3. The minimum absolute atomic E-state index is 0.360. The van der Waals surface area contributed by atoms with Crippen LogP contribution in [0.15, 0.2) is 40.6 Å². The second-order valence-corrected chi connectivity index (χ2v) is 8.12. The Labute approximate surface area is 130 Å².